The summed E-state index contributed by atoms with van der Waals surface area (Å²) in [7, 11) is -2.47. The van der Waals surface area contributed by atoms with Gasteiger partial charge in [0.05, 0.1) is 22.6 Å². The third-order valence-corrected chi connectivity index (χ3v) is 4.24. The van der Waals surface area contributed by atoms with Crippen molar-refractivity contribution in [1.29, 1.82) is 0 Å². The first-order valence-electron chi connectivity index (χ1n) is 7.09. The molecule has 0 heterocycles. The summed E-state index contributed by atoms with van der Waals surface area (Å²) < 4.78 is 42.8. The van der Waals surface area contributed by atoms with Crippen LogP contribution in [0.4, 0.5) is 4.39 Å². The third kappa shape index (κ3) is 4.51. The molecule has 128 valence electrons. The normalized spacial score (nSPS) is 11.2. The molecule has 1 aromatic rings. The lowest BCUT2D eigenvalue weighted by atomic mass is 10.1. The van der Waals surface area contributed by atoms with Crippen molar-refractivity contribution in [3.05, 3.63) is 29.1 Å². The van der Waals surface area contributed by atoms with E-state index in [4.69, 9.17) is 4.74 Å². The van der Waals surface area contributed by atoms with Gasteiger partial charge in [-0.1, -0.05) is 6.92 Å². The maximum Gasteiger partial charge on any atom is 0.339 e. The van der Waals surface area contributed by atoms with E-state index in [1.54, 1.807) is 6.92 Å². The lowest BCUT2D eigenvalue weighted by molar-refractivity contribution is 0.0521. The Morgan fingerprint density at radius 1 is 1.22 bits per heavy atom. The second kappa shape index (κ2) is 7.54. The van der Waals surface area contributed by atoms with Gasteiger partial charge in [0, 0.05) is 19.8 Å². The molecule has 1 aromatic carbocycles. The number of halogens is 1. The van der Waals surface area contributed by atoms with Gasteiger partial charge >= 0.3 is 5.97 Å². The number of esters is 1. The molecule has 1 amide bonds. The number of hydrogen-bond donors (Lipinski definition) is 0. The maximum absolute atomic E-state index is 13.8. The van der Waals surface area contributed by atoms with Crippen LogP contribution in [0.2, 0.25) is 0 Å². The molecule has 0 aliphatic carbocycles. The summed E-state index contributed by atoms with van der Waals surface area (Å²) in [6.07, 6.45) is 1.51. The van der Waals surface area contributed by atoms with Crippen molar-refractivity contribution in [2.75, 3.05) is 26.5 Å². The molecule has 6 nitrogen and oxygen atoms in total. The highest BCUT2D eigenvalue weighted by Crippen LogP contribution is 2.25. The van der Waals surface area contributed by atoms with Gasteiger partial charge in [0.15, 0.2) is 9.84 Å². The lowest BCUT2D eigenvalue weighted by Crippen LogP contribution is -2.29. The number of hydrogen-bond acceptors (Lipinski definition) is 5. The van der Waals surface area contributed by atoms with Crippen molar-refractivity contribution in [1.82, 2.24) is 4.90 Å². The highest BCUT2D eigenvalue weighted by molar-refractivity contribution is 7.90. The Hall–Kier alpha value is -1.96. The van der Waals surface area contributed by atoms with Gasteiger partial charge in [-0.15, -0.1) is 0 Å². The minimum Gasteiger partial charge on any atom is -0.462 e. The molecule has 0 saturated carbocycles. The van der Waals surface area contributed by atoms with Gasteiger partial charge in [-0.2, -0.15) is 0 Å². The summed E-state index contributed by atoms with van der Waals surface area (Å²) >= 11 is 0. The number of amides is 1. The number of carbonyl (C=O) groups is 2. The van der Waals surface area contributed by atoms with Crippen molar-refractivity contribution in [3.8, 4) is 0 Å². The Kier molecular flexibility index (Phi) is 6.26. The molecular weight excluding hydrogens is 325 g/mol. The molecule has 0 aromatic heterocycles. The van der Waals surface area contributed by atoms with E-state index in [0.29, 0.717) is 13.0 Å². The molecule has 8 heteroatoms. The Balaban J connectivity index is 3.63. The van der Waals surface area contributed by atoms with Gasteiger partial charge in [0.25, 0.3) is 5.91 Å². The molecule has 0 fully saturated rings. The molecule has 0 saturated heterocycles. The molecule has 0 aliphatic rings. The minimum absolute atomic E-state index is 0.00241. The quantitative estimate of drug-likeness (QED) is 0.581. The Morgan fingerprint density at radius 3 is 2.26 bits per heavy atom. The van der Waals surface area contributed by atoms with E-state index in [9.17, 15) is 22.4 Å². The molecule has 0 spiro atoms. The van der Waals surface area contributed by atoms with Crippen LogP contribution in [0.3, 0.4) is 0 Å². The van der Waals surface area contributed by atoms with Crippen LogP contribution in [-0.2, 0) is 14.6 Å². The highest BCUT2D eigenvalue weighted by atomic mass is 32.2. The van der Waals surface area contributed by atoms with Gasteiger partial charge in [-0.3, -0.25) is 4.79 Å². The smallest absolute Gasteiger partial charge is 0.339 e. The van der Waals surface area contributed by atoms with E-state index in [0.717, 1.165) is 18.4 Å². The zero-order chi connectivity index (χ0) is 17.8. The zero-order valence-corrected chi connectivity index (χ0v) is 14.4. The first-order valence-corrected chi connectivity index (χ1v) is 8.98. The maximum atomic E-state index is 13.8. The second-order valence-corrected chi connectivity index (χ2v) is 7.00. The predicted octanol–water partition coefficient (Wildman–Crippen LogP) is 1.89. The first kappa shape index (κ1) is 19.1. The molecule has 0 bridgehead atoms. The molecule has 0 aliphatic heterocycles. The number of ether oxygens (including phenoxy) is 1. The van der Waals surface area contributed by atoms with E-state index in [-0.39, 0.29) is 12.2 Å². The molecule has 23 heavy (non-hydrogen) atoms. The van der Waals surface area contributed by atoms with E-state index >= 15 is 0 Å². The van der Waals surface area contributed by atoms with E-state index in [1.165, 1.54) is 11.9 Å². The third-order valence-electron chi connectivity index (χ3n) is 3.06. The van der Waals surface area contributed by atoms with Crippen molar-refractivity contribution < 1.29 is 27.1 Å². The highest BCUT2D eigenvalue weighted by Gasteiger charge is 2.29. The van der Waals surface area contributed by atoms with Crippen LogP contribution in [-0.4, -0.2) is 51.6 Å². The molecule has 1 rings (SSSR count). The summed E-state index contributed by atoms with van der Waals surface area (Å²) in [5, 5.41) is 0. The largest absolute Gasteiger partial charge is 0.462 e. The van der Waals surface area contributed by atoms with Crippen molar-refractivity contribution in [2.24, 2.45) is 0 Å². The Labute approximate surface area is 135 Å². The van der Waals surface area contributed by atoms with Crippen LogP contribution in [0, 0.1) is 5.82 Å². The lowest BCUT2D eigenvalue weighted by Gasteiger charge is -2.19. The summed E-state index contributed by atoms with van der Waals surface area (Å²) in [6.45, 7) is 3.75. The fraction of sp³-hybridized carbons (Fsp3) is 0.467. The minimum atomic E-state index is -3.95. The fourth-order valence-electron chi connectivity index (χ4n) is 2.16. The summed E-state index contributed by atoms with van der Waals surface area (Å²) in [5.41, 5.74) is -0.839. The van der Waals surface area contributed by atoms with Crippen LogP contribution in [0.15, 0.2) is 17.0 Å². The second-order valence-electron chi connectivity index (χ2n) is 5.05. The zero-order valence-electron chi connectivity index (χ0n) is 13.6. The van der Waals surface area contributed by atoms with Gasteiger partial charge < -0.3 is 9.64 Å². The monoisotopic (exact) mass is 345 g/mol. The van der Waals surface area contributed by atoms with E-state index in [1.807, 2.05) is 6.92 Å². The van der Waals surface area contributed by atoms with E-state index < -0.39 is 38.0 Å². The van der Waals surface area contributed by atoms with Crippen LogP contribution >= 0.6 is 0 Å². The number of carbonyl (C=O) groups excluding carboxylic acids is 2. The number of sulfone groups is 1. The summed E-state index contributed by atoms with van der Waals surface area (Å²) in [4.78, 5) is 25.2. The fourth-order valence-corrected chi connectivity index (χ4v) is 3.24. The average molecular weight is 345 g/mol. The molecular formula is C15H20FNO5S. The van der Waals surface area contributed by atoms with Gasteiger partial charge in [0.1, 0.15) is 5.82 Å². The van der Waals surface area contributed by atoms with Gasteiger partial charge in [-0.05, 0) is 25.5 Å². The predicted molar refractivity (Wildman–Crippen MR) is 82.7 cm³/mol. The number of nitrogens with zero attached hydrogens (tertiary/aromatic N) is 1. The van der Waals surface area contributed by atoms with Gasteiger partial charge in [0.2, 0.25) is 0 Å². The Bertz CT molecular complexity index is 715. The number of benzene rings is 1. The van der Waals surface area contributed by atoms with Crippen molar-refractivity contribution >= 4 is 21.7 Å². The van der Waals surface area contributed by atoms with Crippen LogP contribution in [0.25, 0.3) is 0 Å². The average Bonchev–Trinajstić information content (AvgIpc) is 2.44. The standard InChI is InChI=1S/C15H20FNO5S/c1-5-7-17(3)14(18)11-8-10(16)9-12(15(19)22-6-2)13(11)23(4,20)21/h8-9H,5-7H2,1-4H3. The van der Waals surface area contributed by atoms with Crippen LogP contribution in [0.5, 0.6) is 0 Å². The Morgan fingerprint density at radius 2 is 1.78 bits per heavy atom. The van der Waals surface area contributed by atoms with Crippen LogP contribution in [0.1, 0.15) is 41.0 Å². The molecule has 0 atom stereocenters. The van der Waals surface area contributed by atoms with Gasteiger partial charge in [-0.25, -0.2) is 17.6 Å². The first-order chi connectivity index (χ1) is 10.6. The topological polar surface area (TPSA) is 80.8 Å². The SMILES string of the molecule is CCCN(C)C(=O)c1cc(F)cc(C(=O)OCC)c1S(C)(=O)=O. The summed E-state index contributed by atoms with van der Waals surface area (Å²) in [5.74, 6) is -2.54. The van der Waals surface area contributed by atoms with Crippen molar-refractivity contribution in [2.45, 2.75) is 25.2 Å². The van der Waals surface area contributed by atoms with E-state index in [2.05, 4.69) is 0 Å². The van der Waals surface area contributed by atoms with Crippen LogP contribution < -0.4 is 0 Å². The summed E-state index contributed by atoms with van der Waals surface area (Å²) in [6, 6.07) is 1.60. The molecule has 0 unspecified atom stereocenters. The molecule has 0 radical (unpaired) electrons. The molecule has 0 N–H and O–H groups in total. The van der Waals surface area contributed by atoms with Crippen molar-refractivity contribution in [3.63, 3.8) is 0 Å². The number of rotatable bonds is 6.